The standard InChI is InChI=1S/C11H17NOS/c1-9(2)12-8-10-4-6-11(7-5-10)14(3)13/h4-7,9,12H,8H2,1-3H3. The van der Waals surface area contributed by atoms with Crippen LogP contribution in [0.15, 0.2) is 29.2 Å². The summed E-state index contributed by atoms with van der Waals surface area (Å²) in [5, 5.41) is 3.33. The third kappa shape index (κ3) is 3.60. The Hall–Kier alpha value is -0.670. The third-order valence-corrected chi connectivity index (χ3v) is 2.91. The lowest BCUT2D eigenvalue weighted by atomic mass is 10.2. The molecule has 2 nitrogen and oxygen atoms in total. The van der Waals surface area contributed by atoms with Gasteiger partial charge >= 0.3 is 0 Å². The predicted octanol–water partition coefficient (Wildman–Crippen LogP) is 1.92. The number of benzene rings is 1. The van der Waals surface area contributed by atoms with Crippen LogP contribution in [0, 0.1) is 0 Å². The SMILES string of the molecule is CC(C)NCc1ccc(S(C)=O)cc1. The molecule has 1 aromatic carbocycles. The molecule has 0 radical (unpaired) electrons. The molecule has 0 aromatic heterocycles. The van der Waals surface area contributed by atoms with Crippen LogP contribution in [0.5, 0.6) is 0 Å². The van der Waals surface area contributed by atoms with Gasteiger partial charge in [-0.25, -0.2) is 0 Å². The van der Waals surface area contributed by atoms with Gasteiger partial charge < -0.3 is 5.32 Å². The van der Waals surface area contributed by atoms with Gasteiger partial charge in [-0.15, -0.1) is 0 Å². The van der Waals surface area contributed by atoms with E-state index in [2.05, 4.69) is 19.2 Å². The Morgan fingerprint density at radius 3 is 2.29 bits per heavy atom. The Morgan fingerprint density at radius 1 is 1.29 bits per heavy atom. The van der Waals surface area contributed by atoms with Crippen LogP contribution in [0.1, 0.15) is 19.4 Å². The zero-order chi connectivity index (χ0) is 10.6. The van der Waals surface area contributed by atoms with Gasteiger partial charge in [0, 0.05) is 34.5 Å². The fourth-order valence-corrected chi connectivity index (χ4v) is 1.64. The molecule has 1 atom stereocenters. The van der Waals surface area contributed by atoms with Crippen LogP contribution in [0.4, 0.5) is 0 Å². The summed E-state index contributed by atoms with van der Waals surface area (Å²) in [6, 6.07) is 8.38. The van der Waals surface area contributed by atoms with Crippen molar-refractivity contribution in [2.75, 3.05) is 6.26 Å². The molecule has 14 heavy (non-hydrogen) atoms. The average molecular weight is 211 g/mol. The number of nitrogens with one attached hydrogen (secondary N) is 1. The maximum atomic E-state index is 11.1. The van der Waals surface area contributed by atoms with E-state index >= 15 is 0 Å². The van der Waals surface area contributed by atoms with Crippen LogP contribution in [0.25, 0.3) is 0 Å². The van der Waals surface area contributed by atoms with Crippen LogP contribution < -0.4 is 5.32 Å². The van der Waals surface area contributed by atoms with Crippen molar-refractivity contribution < 1.29 is 4.21 Å². The summed E-state index contributed by atoms with van der Waals surface area (Å²) in [5.74, 6) is 0. The second-order valence-corrected chi connectivity index (χ2v) is 5.01. The molecule has 1 N–H and O–H groups in total. The summed E-state index contributed by atoms with van der Waals surface area (Å²) in [6.07, 6.45) is 1.70. The van der Waals surface area contributed by atoms with E-state index < -0.39 is 10.8 Å². The maximum Gasteiger partial charge on any atom is 0.0498 e. The van der Waals surface area contributed by atoms with Crippen molar-refractivity contribution in [1.29, 1.82) is 0 Å². The molecule has 0 heterocycles. The van der Waals surface area contributed by atoms with Gasteiger partial charge in [-0.3, -0.25) is 4.21 Å². The van der Waals surface area contributed by atoms with E-state index in [-0.39, 0.29) is 0 Å². The van der Waals surface area contributed by atoms with E-state index in [4.69, 9.17) is 0 Å². The van der Waals surface area contributed by atoms with Crippen molar-refractivity contribution in [2.45, 2.75) is 31.3 Å². The quantitative estimate of drug-likeness (QED) is 0.824. The van der Waals surface area contributed by atoms with Crippen molar-refractivity contribution >= 4 is 10.8 Å². The molecule has 0 saturated carbocycles. The summed E-state index contributed by atoms with van der Waals surface area (Å²) in [6.45, 7) is 5.11. The molecule has 0 fully saturated rings. The summed E-state index contributed by atoms with van der Waals surface area (Å²) >= 11 is 0. The monoisotopic (exact) mass is 211 g/mol. The molecule has 0 saturated heterocycles. The van der Waals surface area contributed by atoms with Crippen molar-refractivity contribution in [3.8, 4) is 0 Å². The van der Waals surface area contributed by atoms with Crippen LogP contribution >= 0.6 is 0 Å². The first-order valence-electron chi connectivity index (χ1n) is 4.75. The van der Waals surface area contributed by atoms with E-state index in [1.54, 1.807) is 6.26 Å². The molecule has 0 aliphatic rings. The third-order valence-electron chi connectivity index (χ3n) is 1.97. The Balaban J connectivity index is 2.60. The molecule has 1 unspecified atom stereocenters. The second kappa shape index (κ2) is 5.27. The van der Waals surface area contributed by atoms with Gasteiger partial charge in [-0.1, -0.05) is 26.0 Å². The van der Waals surface area contributed by atoms with Gasteiger partial charge in [0.1, 0.15) is 0 Å². The molecular formula is C11H17NOS. The van der Waals surface area contributed by atoms with Crippen molar-refractivity contribution in [2.24, 2.45) is 0 Å². The predicted molar refractivity (Wildman–Crippen MR) is 60.8 cm³/mol. The highest BCUT2D eigenvalue weighted by Gasteiger charge is 1.98. The lowest BCUT2D eigenvalue weighted by Crippen LogP contribution is -2.21. The van der Waals surface area contributed by atoms with Crippen molar-refractivity contribution in [3.05, 3.63) is 29.8 Å². The van der Waals surface area contributed by atoms with Crippen LogP contribution in [0.3, 0.4) is 0 Å². The Labute approximate surface area is 88.2 Å². The molecule has 78 valence electrons. The molecule has 0 spiro atoms. The van der Waals surface area contributed by atoms with Crippen LogP contribution in [0.2, 0.25) is 0 Å². The van der Waals surface area contributed by atoms with Crippen LogP contribution in [-0.4, -0.2) is 16.5 Å². The minimum atomic E-state index is -0.870. The Bertz CT molecular complexity index is 306. The maximum absolute atomic E-state index is 11.1. The first-order chi connectivity index (χ1) is 6.59. The summed E-state index contributed by atoms with van der Waals surface area (Å²) in [4.78, 5) is 0.887. The van der Waals surface area contributed by atoms with Gasteiger partial charge in [0.2, 0.25) is 0 Å². The average Bonchev–Trinajstić information content (AvgIpc) is 2.15. The van der Waals surface area contributed by atoms with Crippen LogP contribution in [-0.2, 0) is 17.3 Å². The van der Waals surface area contributed by atoms with E-state index in [1.807, 2.05) is 24.3 Å². The highest BCUT2D eigenvalue weighted by Crippen LogP contribution is 2.07. The summed E-state index contributed by atoms with van der Waals surface area (Å²) in [5.41, 5.74) is 1.23. The van der Waals surface area contributed by atoms with E-state index in [1.165, 1.54) is 5.56 Å². The largest absolute Gasteiger partial charge is 0.310 e. The molecule has 0 aliphatic carbocycles. The molecule has 1 aromatic rings. The van der Waals surface area contributed by atoms with Gasteiger partial charge in [0.05, 0.1) is 0 Å². The molecule has 0 amide bonds. The summed E-state index contributed by atoms with van der Waals surface area (Å²) < 4.78 is 11.1. The lowest BCUT2D eigenvalue weighted by molar-refractivity contribution is 0.588. The Morgan fingerprint density at radius 2 is 1.86 bits per heavy atom. The lowest BCUT2D eigenvalue weighted by Gasteiger charge is -2.08. The minimum absolute atomic E-state index is 0.495. The zero-order valence-electron chi connectivity index (χ0n) is 8.91. The highest BCUT2D eigenvalue weighted by atomic mass is 32.2. The van der Waals surface area contributed by atoms with Gasteiger partial charge in [-0.05, 0) is 17.7 Å². The highest BCUT2D eigenvalue weighted by molar-refractivity contribution is 7.84. The normalized spacial score (nSPS) is 13.1. The van der Waals surface area contributed by atoms with Gasteiger partial charge in [0.15, 0.2) is 0 Å². The molecule has 3 heteroatoms. The molecule has 0 bridgehead atoms. The Kier molecular flexibility index (Phi) is 4.29. The van der Waals surface area contributed by atoms with E-state index in [0.29, 0.717) is 6.04 Å². The van der Waals surface area contributed by atoms with E-state index in [0.717, 1.165) is 11.4 Å². The first-order valence-corrected chi connectivity index (χ1v) is 6.31. The molecule has 0 aliphatic heterocycles. The fourth-order valence-electron chi connectivity index (χ4n) is 1.12. The summed E-state index contributed by atoms with van der Waals surface area (Å²) in [7, 11) is -0.870. The zero-order valence-corrected chi connectivity index (χ0v) is 9.73. The molecular weight excluding hydrogens is 194 g/mol. The molecule has 1 rings (SSSR count). The minimum Gasteiger partial charge on any atom is -0.310 e. The van der Waals surface area contributed by atoms with Gasteiger partial charge in [-0.2, -0.15) is 0 Å². The second-order valence-electron chi connectivity index (χ2n) is 3.63. The van der Waals surface area contributed by atoms with Crippen molar-refractivity contribution in [3.63, 3.8) is 0 Å². The van der Waals surface area contributed by atoms with Gasteiger partial charge in [0.25, 0.3) is 0 Å². The number of hydrogen-bond donors (Lipinski definition) is 1. The number of rotatable bonds is 4. The van der Waals surface area contributed by atoms with Crippen molar-refractivity contribution in [1.82, 2.24) is 5.32 Å². The first kappa shape index (κ1) is 11.4. The fraction of sp³-hybridized carbons (Fsp3) is 0.455. The smallest absolute Gasteiger partial charge is 0.0498 e. The number of hydrogen-bond acceptors (Lipinski definition) is 2. The topological polar surface area (TPSA) is 29.1 Å². The van der Waals surface area contributed by atoms with E-state index in [9.17, 15) is 4.21 Å².